The first-order chi connectivity index (χ1) is 8.75. The molecule has 0 amide bonds. The predicted molar refractivity (Wildman–Crippen MR) is 75.6 cm³/mol. The Labute approximate surface area is 117 Å². The van der Waals surface area contributed by atoms with Crippen molar-refractivity contribution in [1.29, 1.82) is 0 Å². The fraction of sp³-hybridized carbons (Fsp3) is 0.571. The van der Waals surface area contributed by atoms with Crippen molar-refractivity contribution in [1.82, 2.24) is 5.32 Å². The van der Waals surface area contributed by atoms with E-state index in [1.807, 2.05) is 24.3 Å². The van der Waals surface area contributed by atoms with E-state index in [4.69, 9.17) is 4.74 Å². The number of hydrogen-bond donors (Lipinski definition) is 2. The lowest BCUT2D eigenvalue weighted by Crippen LogP contribution is -2.34. The van der Waals surface area contributed by atoms with Crippen molar-refractivity contribution in [3.63, 3.8) is 0 Å². The average Bonchev–Trinajstić information content (AvgIpc) is 2.40. The van der Waals surface area contributed by atoms with Crippen molar-refractivity contribution in [2.45, 2.75) is 31.5 Å². The highest BCUT2D eigenvalue weighted by Gasteiger charge is 2.14. The monoisotopic (exact) mass is 313 g/mol. The van der Waals surface area contributed by atoms with Crippen molar-refractivity contribution >= 4 is 15.9 Å². The van der Waals surface area contributed by atoms with Gasteiger partial charge in [-0.15, -0.1) is 0 Å². The summed E-state index contributed by atoms with van der Waals surface area (Å²) in [6, 6.07) is 7.78. The number of hydrogen-bond acceptors (Lipinski definition) is 3. The molecular weight excluding hydrogens is 294 g/mol. The van der Waals surface area contributed by atoms with Gasteiger partial charge in [0.05, 0.1) is 12.2 Å². The van der Waals surface area contributed by atoms with Gasteiger partial charge in [0.2, 0.25) is 0 Å². The first-order valence-corrected chi connectivity index (χ1v) is 7.31. The SMILES string of the molecule is OC(CNCC1CCCCO1)c1cccc(Br)c1. The van der Waals surface area contributed by atoms with Crippen molar-refractivity contribution < 1.29 is 9.84 Å². The van der Waals surface area contributed by atoms with Crippen LogP contribution in [-0.2, 0) is 4.74 Å². The molecular formula is C14H20BrNO2. The van der Waals surface area contributed by atoms with Crippen LogP contribution in [0.2, 0.25) is 0 Å². The Morgan fingerprint density at radius 1 is 1.44 bits per heavy atom. The summed E-state index contributed by atoms with van der Waals surface area (Å²) in [6.07, 6.45) is 3.40. The molecule has 0 saturated carbocycles. The Morgan fingerprint density at radius 3 is 3.06 bits per heavy atom. The molecule has 2 atom stereocenters. The summed E-state index contributed by atoms with van der Waals surface area (Å²) in [5, 5.41) is 13.3. The van der Waals surface area contributed by atoms with Crippen LogP contribution in [0.15, 0.2) is 28.7 Å². The lowest BCUT2D eigenvalue weighted by Gasteiger charge is -2.23. The molecule has 0 bridgehead atoms. The zero-order valence-corrected chi connectivity index (χ0v) is 12.0. The molecule has 1 aromatic carbocycles. The number of aliphatic hydroxyl groups excluding tert-OH is 1. The Hall–Kier alpha value is -0.420. The minimum absolute atomic E-state index is 0.313. The molecule has 1 saturated heterocycles. The van der Waals surface area contributed by atoms with Crippen LogP contribution in [0.3, 0.4) is 0 Å². The molecule has 1 heterocycles. The van der Waals surface area contributed by atoms with E-state index in [9.17, 15) is 5.11 Å². The molecule has 1 aromatic rings. The highest BCUT2D eigenvalue weighted by Crippen LogP contribution is 2.18. The number of ether oxygens (including phenoxy) is 1. The molecule has 0 spiro atoms. The first-order valence-electron chi connectivity index (χ1n) is 6.51. The number of benzene rings is 1. The Morgan fingerprint density at radius 2 is 2.33 bits per heavy atom. The van der Waals surface area contributed by atoms with Crippen molar-refractivity contribution in [3.05, 3.63) is 34.3 Å². The van der Waals surface area contributed by atoms with Crippen LogP contribution in [0.4, 0.5) is 0 Å². The number of rotatable bonds is 5. The van der Waals surface area contributed by atoms with E-state index in [-0.39, 0.29) is 0 Å². The van der Waals surface area contributed by atoms with Crippen LogP contribution in [0.5, 0.6) is 0 Å². The molecule has 1 aliphatic rings. The fourth-order valence-electron chi connectivity index (χ4n) is 2.18. The Balaban J connectivity index is 1.72. The summed E-state index contributed by atoms with van der Waals surface area (Å²) < 4.78 is 6.63. The predicted octanol–water partition coefficient (Wildman–Crippen LogP) is 2.64. The number of aliphatic hydroxyl groups is 1. The molecule has 1 aliphatic heterocycles. The normalized spacial score (nSPS) is 21.8. The summed E-state index contributed by atoms with van der Waals surface area (Å²) in [7, 11) is 0. The third kappa shape index (κ3) is 4.35. The van der Waals surface area contributed by atoms with Crippen molar-refractivity contribution in [2.75, 3.05) is 19.7 Å². The van der Waals surface area contributed by atoms with E-state index in [1.54, 1.807) is 0 Å². The van der Waals surface area contributed by atoms with Crippen LogP contribution in [0, 0.1) is 0 Å². The molecule has 0 radical (unpaired) electrons. The highest BCUT2D eigenvalue weighted by atomic mass is 79.9. The van der Waals surface area contributed by atoms with Gasteiger partial charge in [-0.2, -0.15) is 0 Å². The van der Waals surface area contributed by atoms with Gasteiger partial charge in [0.25, 0.3) is 0 Å². The molecule has 2 rings (SSSR count). The molecule has 0 aromatic heterocycles. The zero-order valence-electron chi connectivity index (χ0n) is 10.4. The molecule has 2 N–H and O–H groups in total. The van der Waals surface area contributed by atoms with E-state index in [1.165, 1.54) is 12.8 Å². The summed E-state index contributed by atoms with van der Waals surface area (Å²) in [6.45, 7) is 2.27. The molecule has 3 nitrogen and oxygen atoms in total. The van der Waals surface area contributed by atoms with E-state index in [0.29, 0.717) is 12.6 Å². The summed E-state index contributed by atoms with van der Waals surface area (Å²) in [5.41, 5.74) is 0.932. The minimum Gasteiger partial charge on any atom is -0.387 e. The van der Waals surface area contributed by atoms with Gasteiger partial charge in [-0.25, -0.2) is 0 Å². The second kappa shape index (κ2) is 7.24. The Kier molecular flexibility index (Phi) is 5.63. The zero-order chi connectivity index (χ0) is 12.8. The van der Waals surface area contributed by atoms with Gasteiger partial charge >= 0.3 is 0 Å². The molecule has 0 aliphatic carbocycles. The van der Waals surface area contributed by atoms with E-state index >= 15 is 0 Å². The number of halogens is 1. The van der Waals surface area contributed by atoms with E-state index in [2.05, 4.69) is 21.2 Å². The van der Waals surface area contributed by atoms with Gasteiger partial charge in [0.15, 0.2) is 0 Å². The molecule has 1 fully saturated rings. The van der Waals surface area contributed by atoms with Gasteiger partial charge in [0, 0.05) is 24.2 Å². The van der Waals surface area contributed by atoms with Crippen LogP contribution in [0.1, 0.15) is 30.9 Å². The lowest BCUT2D eigenvalue weighted by atomic mass is 10.1. The van der Waals surface area contributed by atoms with Gasteiger partial charge < -0.3 is 15.2 Å². The molecule has 100 valence electrons. The molecule has 2 unspecified atom stereocenters. The molecule has 4 heteroatoms. The van der Waals surface area contributed by atoms with Crippen LogP contribution < -0.4 is 5.32 Å². The van der Waals surface area contributed by atoms with Crippen molar-refractivity contribution in [2.24, 2.45) is 0 Å². The van der Waals surface area contributed by atoms with Crippen LogP contribution in [0.25, 0.3) is 0 Å². The topological polar surface area (TPSA) is 41.5 Å². The maximum atomic E-state index is 10.1. The van der Waals surface area contributed by atoms with Gasteiger partial charge in [-0.3, -0.25) is 0 Å². The van der Waals surface area contributed by atoms with E-state index in [0.717, 1.165) is 29.6 Å². The first kappa shape index (κ1) is 14.0. The quantitative estimate of drug-likeness (QED) is 0.878. The van der Waals surface area contributed by atoms with Crippen LogP contribution >= 0.6 is 15.9 Å². The minimum atomic E-state index is -0.467. The second-order valence-corrected chi connectivity index (χ2v) is 5.63. The number of nitrogens with one attached hydrogen (secondary N) is 1. The van der Waals surface area contributed by atoms with Gasteiger partial charge in [-0.1, -0.05) is 28.1 Å². The molecule has 18 heavy (non-hydrogen) atoms. The van der Waals surface area contributed by atoms with Gasteiger partial charge in [0.1, 0.15) is 0 Å². The highest BCUT2D eigenvalue weighted by molar-refractivity contribution is 9.10. The largest absolute Gasteiger partial charge is 0.387 e. The fourth-order valence-corrected chi connectivity index (χ4v) is 2.60. The maximum Gasteiger partial charge on any atom is 0.0914 e. The standard InChI is InChI=1S/C14H20BrNO2/c15-12-5-3-4-11(8-12)14(17)10-16-9-13-6-1-2-7-18-13/h3-5,8,13-14,16-17H,1-2,6-7,9-10H2. The third-order valence-corrected chi connectivity index (χ3v) is 3.71. The maximum absolute atomic E-state index is 10.1. The lowest BCUT2D eigenvalue weighted by molar-refractivity contribution is 0.0152. The van der Waals surface area contributed by atoms with Crippen molar-refractivity contribution in [3.8, 4) is 0 Å². The van der Waals surface area contributed by atoms with E-state index < -0.39 is 6.10 Å². The average molecular weight is 314 g/mol. The summed E-state index contributed by atoms with van der Waals surface area (Å²) in [5.74, 6) is 0. The smallest absolute Gasteiger partial charge is 0.0914 e. The second-order valence-electron chi connectivity index (χ2n) is 4.72. The van der Waals surface area contributed by atoms with Gasteiger partial charge in [-0.05, 0) is 37.0 Å². The Bertz CT molecular complexity index is 367. The third-order valence-electron chi connectivity index (χ3n) is 3.22. The van der Waals surface area contributed by atoms with Crippen LogP contribution in [-0.4, -0.2) is 30.9 Å². The summed E-state index contributed by atoms with van der Waals surface area (Å²) in [4.78, 5) is 0. The summed E-state index contributed by atoms with van der Waals surface area (Å²) >= 11 is 3.41.